The SMILES string of the molecule is CC1(N)CCN(c2cnc3c(n2)CN=C3Oc2cccnc2N)CC1.COc1ccc(Cn2nc(Oc3cccnc3N)c3ncc(N4CCC(C)(C)CC4)nc32)cc1.Cl. The lowest BCUT2D eigenvalue weighted by Gasteiger charge is -2.37. The lowest BCUT2D eigenvalue weighted by atomic mass is 9.83. The summed E-state index contributed by atoms with van der Waals surface area (Å²) in [5.41, 5.74) is 22.1. The summed E-state index contributed by atoms with van der Waals surface area (Å²) in [6, 6.07) is 14.9. The first-order valence-electron chi connectivity index (χ1n) is 19.8. The van der Waals surface area contributed by atoms with Crippen LogP contribution in [0.3, 0.4) is 0 Å². The Labute approximate surface area is 354 Å². The van der Waals surface area contributed by atoms with Crippen LogP contribution in [0, 0.1) is 5.41 Å². The van der Waals surface area contributed by atoms with Gasteiger partial charge in [-0.1, -0.05) is 26.0 Å². The van der Waals surface area contributed by atoms with Crippen LogP contribution in [0.2, 0.25) is 0 Å². The van der Waals surface area contributed by atoms with Gasteiger partial charge in [0, 0.05) is 44.1 Å². The molecule has 0 amide bonds. The number of halogens is 1. The smallest absolute Gasteiger partial charge is 0.267 e. The lowest BCUT2D eigenvalue weighted by Crippen LogP contribution is -2.48. The molecule has 6 aromatic rings. The van der Waals surface area contributed by atoms with Gasteiger partial charge in [-0.3, -0.25) is 0 Å². The Kier molecular flexibility index (Phi) is 12.2. The van der Waals surface area contributed by atoms with E-state index in [2.05, 4.69) is 50.5 Å². The summed E-state index contributed by atoms with van der Waals surface area (Å²) in [5.74, 6) is 4.82. The second kappa shape index (κ2) is 17.5. The van der Waals surface area contributed by atoms with Crippen molar-refractivity contribution in [3.8, 4) is 23.1 Å². The summed E-state index contributed by atoms with van der Waals surface area (Å²) in [7, 11) is 1.66. The van der Waals surface area contributed by atoms with Crippen molar-refractivity contribution in [3.63, 3.8) is 0 Å². The minimum Gasteiger partial charge on any atom is -0.497 e. The highest BCUT2D eigenvalue weighted by Gasteiger charge is 2.30. The number of ether oxygens (including phenoxy) is 3. The quantitative estimate of drug-likeness (QED) is 0.165. The number of pyridine rings is 2. The fourth-order valence-electron chi connectivity index (χ4n) is 7.08. The topological polar surface area (TPSA) is 220 Å². The van der Waals surface area contributed by atoms with E-state index >= 15 is 0 Å². The van der Waals surface area contributed by atoms with E-state index < -0.39 is 0 Å². The normalized spacial score (nSPS) is 16.5. The molecule has 9 rings (SSSR count). The Bertz CT molecular complexity index is 2460. The Balaban J connectivity index is 0.000000187. The van der Waals surface area contributed by atoms with Crippen LogP contribution in [0.1, 0.15) is 63.4 Å². The molecule has 0 radical (unpaired) electrons. The first kappa shape index (κ1) is 41.8. The first-order valence-corrected chi connectivity index (χ1v) is 19.8. The standard InChI is InChI=1S/C25H29N7O2.C17H21N7O.ClH/c1-25(2)10-13-31(14-11-25)20-15-28-21-23(29-20)32(16-17-6-8-18(33-3)9-7-17)30-24(21)34-19-5-4-12-27-22(19)26;1-17(19)4-7-24(8-5-17)13-10-21-14-11(23-13)9-22-16(14)25-12-3-2-6-20-15(12)18;/h4-9,12,15H,10-11,13-14,16H2,1-3H3,(H2,26,27);2-3,6,10H,4-5,7-9,19H2,1H3,(H2,18,20);1H. The predicted octanol–water partition coefficient (Wildman–Crippen LogP) is 5.81. The molecule has 0 bridgehead atoms. The number of piperidine rings is 2. The monoisotopic (exact) mass is 834 g/mol. The molecule has 6 N–H and O–H groups in total. The number of rotatable bonds is 8. The average Bonchev–Trinajstić information content (AvgIpc) is 3.79. The Morgan fingerprint density at radius 1 is 0.733 bits per heavy atom. The maximum Gasteiger partial charge on any atom is 0.267 e. The molecule has 8 heterocycles. The number of hydrogen-bond donors (Lipinski definition) is 3. The summed E-state index contributed by atoms with van der Waals surface area (Å²) in [5, 5.41) is 4.71. The molecule has 5 aromatic heterocycles. The van der Waals surface area contributed by atoms with Gasteiger partial charge in [0.2, 0.25) is 5.90 Å². The second-order valence-electron chi connectivity index (χ2n) is 16.1. The van der Waals surface area contributed by atoms with E-state index in [0.717, 1.165) is 80.5 Å². The van der Waals surface area contributed by atoms with Gasteiger partial charge in [0.05, 0.1) is 38.3 Å². The van der Waals surface area contributed by atoms with Crippen molar-refractivity contribution in [2.45, 2.75) is 65.1 Å². The minimum atomic E-state index is -0.0889. The van der Waals surface area contributed by atoms with Gasteiger partial charge in [-0.15, -0.1) is 17.5 Å². The number of fused-ring (bicyclic) bond motifs is 2. The average molecular weight is 835 g/mol. The zero-order valence-electron chi connectivity index (χ0n) is 34.3. The van der Waals surface area contributed by atoms with E-state index in [-0.39, 0.29) is 17.9 Å². The molecule has 17 nitrogen and oxygen atoms in total. The summed E-state index contributed by atoms with van der Waals surface area (Å²) >= 11 is 0. The molecule has 0 saturated carbocycles. The number of aromatic nitrogens is 8. The largest absolute Gasteiger partial charge is 0.497 e. The predicted molar refractivity (Wildman–Crippen MR) is 234 cm³/mol. The molecule has 3 aliphatic heterocycles. The van der Waals surface area contributed by atoms with Gasteiger partial charge in [0.15, 0.2) is 34.3 Å². The van der Waals surface area contributed by atoms with Gasteiger partial charge in [-0.25, -0.2) is 39.6 Å². The molecule has 0 aliphatic carbocycles. The third-order valence-corrected chi connectivity index (χ3v) is 11.0. The van der Waals surface area contributed by atoms with E-state index in [0.29, 0.717) is 70.3 Å². The zero-order chi connectivity index (χ0) is 41.1. The second-order valence-corrected chi connectivity index (χ2v) is 16.1. The Morgan fingerprint density at radius 3 is 1.97 bits per heavy atom. The molecule has 0 unspecified atom stereocenters. The first-order chi connectivity index (χ1) is 28.4. The lowest BCUT2D eigenvalue weighted by molar-refractivity contribution is 0.279. The molecule has 2 fully saturated rings. The van der Waals surface area contributed by atoms with Crippen molar-refractivity contribution in [3.05, 3.63) is 90.3 Å². The highest BCUT2D eigenvalue weighted by molar-refractivity contribution is 5.97. The van der Waals surface area contributed by atoms with E-state index in [1.807, 2.05) is 28.9 Å². The molecular weight excluding hydrogens is 784 g/mol. The number of nitrogens with two attached hydrogens (primary N) is 3. The van der Waals surface area contributed by atoms with Crippen LogP contribution < -0.4 is 41.2 Å². The van der Waals surface area contributed by atoms with E-state index in [4.69, 9.17) is 51.5 Å². The van der Waals surface area contributed by atoms with E-state index in [1.54, 1.807) is 56.2 Å². The molecule has 1 aromatic carbocycles. The van der Waals surface area contributed by atoms with Crippen LogP contribution in [-0.2, 0) is 13.1 Å². The van der Waals surface area contributed by atoms with Crippen molar-refractivity contribution in [1.82, 2.24) is 39.7 Å². The molecule has 0 atom stereocenters. The molecule has 18 heteroatoms. The molecule has 314 valence electrons. The molecule has 3 aliphatic rings. The highest BCUT2D eigenvalue weighted by atomic mass is 35.5. The van der Waals surface area contributed by atoms with Crippen LogP contribution in [0.5, 0.6) is 23.1 Å². The molecule has 0 spiro atoms. The number of anilines is 4. The molecule has 2 saturated heterocycles. The van der Waals surface area contributed by atoms with Crippen LogP contribution in [-0.4, -0.2) is 84.4 Å². The fourth-order valence-corrected chi connectivity index (χ4v) is 7.08. The maximum absolute atomic E-state index is 6.20. The van der Waals surface area contributed by atoms with E-state index in [9.17, 15) is 0 Å². The van der Waals surface area contributed by atoms with Crippen molar-refractivity contribution < 1.29 is 14.2 Å². The van der Waals surface area contributed by atoms with Crippen molar-refractivity contribution in [1.29, 1.82) is 0 Å². The highest BCUT2D eigenvalue weighted by Crippen LogP contribution is 2.34. The Morgan fingerprint density at radius 2 is 1.33 bits per heavy atom. The van der Waals surface area contributed by atoms with Crippen molar-refractivity contribution in [2.24, 2.45) is 16.1 Å². The number of nitrogen functional groups attached to an aromatic ring is 2. The third-order valence-electron chi connectivity index (χ3n) is 11.0. The molecule has 60 heavy (non-hydrogen) atoms. The molecular formula is C42H51ClN14O3. The van der Waals surface area contributed by atoms with Crippen LogP contribution >= 0.6 is 12.4 Å². The third kappa shape index (κ3) is 9.42. The van der Waals surface area contributed by atoms with Gasteiger partial charge >= 0.3 is 0 Å². The van der Waals surface area contributed by atoms with Crippen molar-refractivity contribution in [2.75, 3.05) is 54.6 Å². The van der Waals surface area contributed by atoms with Gasteiger partial charge in [-0.2, -0.15) is 0 Å². The minimum absolute atomic E-state index is 0. The van der Waals surface area contributed by atoms with Crippen LogP contribution in [0.15, 0.2) is 78.3 Å². The van der Waals surface area contributed by atoms with Crippen LogP contribution in [0.4, 0.5) is 23.3 Å². The summed E-state index contributed by atoms with van der Waals surface area (Å²) in [4.78, 5) is 36.0. The summed E-state index contributed by atoms with van der Waals surface area (Å²) in [6.45, 7) is 11.4. The van der Waals surface area contributed by atoms with Gasteiger partial charge < -0.3 is 41.2 Å². The van der Waals surface area contributed by atoms with E-state index in [1.165, 1.54) is 0 Å². The zero-order valence-corrected chi connectivity index (χ0v) is 35.1. The van der Waals surface area contributed by atoms with Gasteiger partial charge in [-0.05, 0) is 80.0 Å². The number of nitrogens with zero attached hydrogens (tertiary/aromatic N) is 11. The number of hydrogen-bond acceptors (Lipinski definition) is 16. The number of aliphatic imine (C=N–C) groups is 1. The number of benzene rings is 1. The number of methoxy groups -OCH3 is 1. The van der Waals surface area contributed by atoms with Crippen LogP contribution in [0.25, 0.3) is 11.2 Å². The fraction of sp³-hybridized carbons (Fsp3) is 0.381. The maximum atomic E-state index is 6.20. The van der Waals surface area contributed by atoms with Gasteiger partial charge in [0.1, 0.15) is 23.1 Å². The summed E-state index contributed by atoms with van der Waals surface area (Å²) in [6.07, 6.45) is 10.9. The summed E-state index contributed by atoms with van der Waals surface area (Å²) < 4.78 is 18.9. The van der Waals surface area contributed by atoms with Crippen molar-refractivity contribution >= 4 is 52.7 Å². The van der Waals surface area contributed by atoms with Gasteiger partial charge in [0.25, 0.3) is 5.88 Å². The Hall–Kier alpha value is -6.33.